The maximum Gasteiger partial charge on any atom is 0.410 e. The van der Waals surface area contributed by atoms with Crippen LogP contribution in [-0.4, -0.2) is 34.1 Å². The summed E-state index contributed by atoms with van der Waals surface area (Å²) in [7, 11) is 0. The van der Waals surface area contributed by atoms with Crippen LogP contribution in [0.15, 0.2) is 18.3 Å². The van der Waals surface area contributed by atoms with Gasteiger partial charge < -0.3 is 15.4 Å². The molecule has 1 amide bonds. The van der Waals surface area contributed by atoms with E-state index in [0.29, 0.717) is 25.4 Å². The molecular formula is C10H11N3O2S. The van der Waals surface area contributed by atoms with Crippen LogP contribution < -0.4 is 5.73 Å². The molecule has 0 atom stereocenters. The minimum atomic E-state index is -0.308. The highest BCUT2D eigenvalue weighted by Crippen LogP contribution is 2.12. The predicted molar refractivity (Wildman–Crippen MR) is 61.9 cm³/mol. The van der Waals surface area contributed by atoms with Crippen LogP contribution in [0.1, 0.15) is 11.3 Å². The lowest BCUT2D eigenvalue weighted by molar-refractivity contribution is 0.157. The summed E-state index contributed by atoms with van der Waals surface area (Å²) in [5, 5.41) is 0. The van der Waals surface area contributed by atoms with Crippen molar-refractivity contribution in [3.8, 4) is 0 Å². The number of carbonyl (C=O) groups is 1. The fourth-order valence-corrected chi connectivity index (χ4v) is 1.75. The van der Waals surface area contributed by atoms with Gasteiger partial charge in [0.05, 0.1) is 13.1 Å². The fourth-order valence-electron chi connectivity index (χ4n) is 1.56. The molecule has 5 nitrogen and oxygen atoms in total. The number of aromatic nitrogens is 1. The van der Waals surface area contributed by atoms with Crippen LogP contribution in [0.5, 0.6) is 0 Å². The van der Waals surface area contributed by atoms with Crippen molar-refractivity contribution in [1.29, 1.82) is 0 Å². The molecule has 0 aromatic carbocycles. The first-order valence-electron chi connectivity index (χ1n) is 4.84. The average molecular weight is 237 g/mol. The summed E-state index contributed by atoms with van der Waals surface area (Å²) < 4.78 is 4.84. The molecule has 1 aromatic heterocycles. The van der Waals surface area contributed by atoms with Crippen LogP contribution in [0.2, 0.25) is 0 Å². The zero-order valence-corrected chi connectivity index (χ0v) is 9.37. The highest BCUT2D eigenvalue weighted by atomic mass is 32.1. The molecule has 1 aliphatic rings. The predicted octanol–water partition coefficient (Wildman–Crippen LogP) is 0.668. The molecule has 0 saturated carbocycles. The van der Waals surface area contributed by atoms with Gasteiger partial charge in [0.15, 0.2) is 0 Å². The van der Waals surface area contributed by atoms with E-state index in [2.05, 4.69) is 4.98 Å². The third-order valence-corrected chi connectivity index (χ3v) is 2.52. The molecule has 16 heavy (non-hydrogen) atoms. The molecule has 1 saturated heterocycles. The van der Waals surface area contributed by atoms with Gasteiger partial charge in [-0.3, -0.25) is 4.98 Å². The Labute approximate surface area is 98.2 Å². The van der Waals surface area contributed by atoms with Crippen LogP contribution in [0, 0.1) is 0 Å². The molecule has 1 fully saturated rings. The Morgan fingerprint density at radius 2 is 2.50 bits per heavy atom. The zero-order valence-electron chi connectivity index (χ0n) is 8.55. The molecular weight excluding hydrogens is 226 g/mol. The number of carbonyl (C=O) groups excluding carboxylic acids is 1. The molecule has 0 spiro atoms. The second-order valence-electron chi connectivity index (χ2n) is 3.41. The molecule has 2 N–H and O–H groups in total. The van der Waals surface area contributed by atoms with E-state index in [4.69, 9.17) is 22.7 Å². The van der Waals surface area contributed by atoms with E-state index >= 15 is 0 Å². The summed E-state index contributed by atoms with van der Waals surface area (Å²) in [5.74, 6) is 0. The number of thiocarbonyl (C=S) groups is 1. The number of hydrogen-bond acceptors (Lipinski definition) is 4. The van der Waals surface area contributed by atoms with Crippen molar-refractivity contribution in [1.82, 2.24) is 9.88 Å². The summed E-state index contributed by atoms with van der Waals surface area (Å²) in [5.41, 5.74) is 6.97. The quantitative estimate of drug-likeness (QED) is 0.782. The molecule has 0 bridgehead atoms. The highest BCUT2D eigenvalue weighted by Gasteiger charge is 2.23. The number of ether oxygens (including phenoxy) is 1. The van der Waals surface area contributed by atoms with Gasteiger partial charge in [0.25, 0.3) is 0 Å². The van der Waals surface area contributed by atoms with Gasteiger partial charge in [-0.15, -0.1) is 0 Å². The van der Waals surface area contributed by atoms with Crippen molar-refractivity contribution in [3.05, 3.63) is 29.6 Å². The highest BCUT2D eigenvalue weighted by molar-refractivity contribution is 7.80. The second-order valence-corrected chi connectivity index (χ2v) is 3.85. The number of amides is 1. The van der Waals surface area contributed by atoms with Crippen LogP contribution in [0.3, 0.4) is 0 Å². The molecule has 2 rings (SSSR count). The number of nitrogens with two attached hydrogens (primary N) is 1. The Kier molecular flexibility index (Phi) is 3.00. The monoisotopic (exact) mass is 237 g/mol. The van der Waals surface area contributed by atoms with Gasteiger partial charge in [-0.1, -0.05) is 18.3 Å². The molecule has 6 heteroatoms. The fraction of sp³-hybridized carbons (Fsp3) is 0.300. The molecule has 84 valence electrons. The molecule has 1 aliphatic heterocycles. The zero-order chi connectivity index (χ0) is 11.5. The summed E-state index contributed by atoms with van der Waals surface area (Å²) >= 11 is 4.90. The first-order valence-corrected chi connectivity index (χ1v) is 5.24. The summed E-state index contributed by atoms with van der Waals surface area (Å²) in [6.07, 6.45) is 1.32. The van der Waals surface area contributed by atoms with Crippen LogP contribution in [-0.2, 0) is 11.3 Å². The van der Waals surface area contributed by atoms with E-state index in [0.717, 1.165) is 5.56 Å². The molecule has 0 aliphatic carbocycles. The third-order valence-electron chi connectivity index (χ3n) is 2.33. The van der Waals surface area contributed by atoms with E-state index in [9.17, 15) is 4.79 Å². The first-order chi connectivity index (χ1) is 7.68. The lowest BCUT2D eigenvalue weighted by Gasteiger charge is -2.14. The Morgan fingerprint density at radius 3 is 3.12 bits per heavy atom. The Hall–Kier alpha value is -1.69. The van der Waals surface area contributed by atoms with Gasteiger partial charge in [-0.05, 0) is 6.07 Å². The van der Waals surface area contributed by atoms with Crippen molar-refractivity contribution < 1.29 is 9.53 Å². The molecule has 1 aromatic rings. The Bertz CT molecular complexity index is 436. The van der Waals surface area contributed by atoms with E-state index in [-0.39, 0.29) is 11.1 Å². The minimum absolute atomic E-state index is 0.239. The Balaban J connectivity index is 2.20. The second kappa shape index (κ2) is 4.44. The van der Waals surface area contributed by atoms with Gasteiger partial charge in [0.1, 0.15) is 17.3 Å². The van der Waals surface area contributed by atoms with Gasteiger partial charge in [-0.25, -0.2) is 4.79 Å². The van der Waals surface area contributed by atoms with E-state index < -0.39 is 0 Å². The van der Waals surface area contributed by atoms with Crippen LogP contribution in [0.25, 0.3) is 0 Å². The number of nitrogens with zero attached hydrogens (tertiary/aromatic N) is 2. The topological polar surface area (TPSA) is 68.4 Å². The molecule has 2 heterocycles. The van der Waals surface area contributed by atoms with Gasteiger partial charge in [-0.2, -0.15) is 0 Å². The maximum absolute atomic E-state index is 11.3. The molecule has 0 unspecified atom stereocenters. The summed E-state index contributed by atoms with van der Waals surface area (Å²) in [6, 6.07) is 3.64. The summed E-state index contributed by atoms with van der Waals surface area (Å²) in [6.45, 7) is 1.45. The third kappa shape index (κ3) is 2.11. The average Bonchev–Trinajstić information content (AvgIpc) is 2.65. The SMILES string of the molecule is NC(=S)c1ncccc1CN1CCOC1=O. The van der Waals surface area contributed by atoms with Gasteiger partial charge in [0.2, 0.25) is 0 Å². The summed E-state index contributed by atoms with van der Waals surface area (Å²) in [4.78, 5) is 17.2. The van der Waals surface area contributed by atoms with E-state index in [1.165, 1.54) is 0 Å². The smallest absolute Gasteiger partial charge is 0.410 e. The van der Waals surface area contributed by atoms with Crippen molar-refractivity contribution in [3.63, 3.8) is 0 Å². The largest absolute Gasteiger partial charge is 0.448 e. The minimum Gasteiger partial charge on any atom is -0.448 e. The van der Waals surface area contributed by atoms with Crippen molar-refractivity contribution in [2.45, 2.75) is 6.54 Å². The number of hydrogen-bond donors (Lipinski definition) is 1. The number of rotatable bonds is 3. The number of pyridine rings is 1. The van der Waals surface area contributed by atoms with Crippen LogP contribution >= 0.6 is 12.2 Å². The van der Waals surface area contributed by atoms with Crippen LogP contribution in [0.4, 0.5) is 4.79 Å². The van der Waals surface area contributed by atoms with E-state index in [1.54, 1.807) is 17.2 Å². The lowest BCUT2D eigenvalue weighted by atomic mass is 10.2. The maximum atomic E-state index is 11.3. The molecule has 0 radical (unpaired) electrons. The Morgan fingerprint density at radius 1 is 1.69 bits per heavy atom. The first kappa shape index (κ1) is 10.8. The van der Waals surface area contributed by atoms with Crippen molar-refractivity contribution in [2.24, 2.45) is 5.73 Å². The van der Waals surface area contributed by atoms with Crippen molar-refractivity contribution >= 4 is 23.3 Å². The van der Waals surface area contributed by atoms with Gasteiger partial charge >= 0.3 is 6.09 Å². The normalized spacial score (nSPS) is 15.0. The van der Waals surface area contributed by atoms with Gasteiger partial charge in [0, 0.05) is 11.8 Å². The van der Waals surface area contributed by atoms with E-state index in [1.807, 2.05) is 6.07 Å². The number of cyclic esters (lactones) is 1. The lowest BCUT2D eigenvalue weighted by Crippen LogP contribution is -2.26. The standard InChI is InChI=1S/C10H11N3O2S/c11-9(16)8-7(2-1-3-12-8)6-13-4-5-15-10(13)14/h1-3H,4-6H2,(H2,11,16). The van der Waals surface area contributed by atoms with Crippen molar-refractivity contribution in [2.75, 3.05) is 13.2 Å².